The fourth-order valence-corrected chi connectivity index (χ4v) is 3.72. The molecule has 1 saturated heterocycles. The maximum Gasteiger partial charge on any atom is 0.256 e. The van der Waals surface area contributed by atoms with Gasteiger partial charge in [0.2, 0.25) is 0 Å². The SMILES string of the molecule is CCn1ccnc1[C@H]1CCCCN1C(=O)c1cccc2oc(C)nc12. The van der Waals surface area contributed by atoms with E-state index in [1.54, 1.807) is 6.92 Å². The first-order chi connectivity index (χ1) is 12.2. The maximum absolute atomic E-state index is 13.3. The minimum absolute atomic E-state index is 0.00857. The predicted molar refractivity (Wildman–Crippen MR) is 94.3 cm³/mol. The Kier molecular flexibility index (Phi) is 4.03. The number of hydrogen-bond donors (Lipinski definition) is 0. The summed E-state index contributed by atoms with van der Waals surface area (Å²) < 4.78 is 7.71. The molecule has 1 aromatic carbocycles. The summed E-state index contributed by atoms with van der Waals surface area (Å²) in [4.78, 5) is 24.2. The average molecular weight is 338 g/mol. The third-order valence-corrected chi connectivity index (χ3v) is 4.91. The number of likely N-dealkylation sites (tertiary alicyclic amines) is 1. The van der Waals surface area contributed by atoms with Gasteiger partial charge in [-0.15, -0.1) is 0 Å². The molecule has 3 heterocycles. The number of aryl methyl sites for hydroxylation is 2. The Bertz CT molecular complexity index is 911. The van der Waals surface area contributed by atoms with Gasteiger partial charge in [-0.05, 0) is 38.3 Å². The summed E-state index contributed by atoms with van der Waals surface area (Å²) in [5, 5.41) is 0. The third-order valence-electron chi connectivity index (χ3n) is 4.91. The minimum atomic E-state index is 0.00857. The Morgan fingerprint density at radius 1 is 1.36 bits per heavy atom. The number of para-hydroxylation sites is 1. The number of benzene rings is 1. The van der Waals surface area contributed by atoms with Gasteiger partial charge in [-0.2, -0.15) is 0 Å². The molecule has 2 aromatic heterocycles. The fourth-order valence-electron chi connectivity index (χ4n) is 3.72. The fraction of sp³-hybridized carbons (Fsp3) is 0.421. The van der Waals surface area contributed by atoms with Crippen LogP contribution in [0.25, 0.3) is 11.1 Å². The molecule has 1 aliphatic heterocycles. The van der Waals surface area contributed by atoms with Gasteiger partial charge in [0, 0.05) is 32.4 Å². The highest BCUT2D eigenvalue weighted by molar-refractivity contribution is 6.04. The van der Waals surface area contributed by atoms with Crippen molar-refractivity contribution < 1.29 is 9.21 Å². The average Bonchev–Trinajstić information content (AvgIpc) is 3.25. The molecule has 0 N–H and O–H groups in total. The Morgan fingerprint density at radius 3 is 3.08 bits per heavy atom. The van der Waals surface area contributed by atoms with Crippen molar-refractivity contribution in [2.75, 3.05) is 6.54 Å². The Morgan fingerprint density at radius 2 is 2.24 bits per heavy atom. The molecule has 1 amide bonds. The number of hydrogen-bond acceptors (Lipinski definition) is 4. The van der Waals surface area contributed by atoms with Gasteiger partial charge >= 0.3 is 0 Å². The number of aromatic nitrogens is 3. The number of amides is 1. The number of carbonyl (C=O) groups excluding carboxylic acids is 1. The van der Waals surface area contributed by atoms with E-state index in [0.29, 0.717) is 22.6 Å². The zero-order chi connectivity index (χ0) is 17.4. The molecule has 25 heavy (non-hydrogen) atoms. The van der Waals surface area contributed by atoms with Crippen molar-refractivity contribution in [1.29, 1.82) is 0 Å². The molecule has 0 saturated carbocycles. The molecular weight excluding hydrogens is 316 g/mol. The van der Waals surface area contributed by atoms with E-state index < -0.39 is 0 Å². The first-order valence-corrected chi connectivity index (χ1v) is 8.87. The lowest BCUT2D eigenvalue weighted by molar-refractivity contribution is 0.0597. The summed E-state index contributed by atoms with van der Waals surface area (Å²) in [6.07, 6.45) is 6.86. The van der Waals surface area contributed by atoms with Crippen molar-refractivity contribution in [3.63, 3.8) is 0 Å². The molecule has 0 radical (unpaired) electrons. The van der Waals surface area contributed by atoms with Crippen molar-refractivity contribution in [3.05, 3.63) is 47.9 Å². The van der Waals surface area contributed by atoms with Gasteiger partial charge < -0.3 is 13.9 Å². The summed E-state index contributed by atoms with van der Waals surface area (Å²) >= 11 is 0. The van der Waals surface area contributed by atoms with Gasteiger partial charge in [-0.1, -0.05) is 6.07 Å². The highest BCUT2D eigenvalue weighted by Crippen LogP contribution is 2.32. The molecule has 1 atom stereocenters. The number of carbonyl (C=O) groups is 1. The zero-order valence-electron chi connectivity index (χ0n) is 14.6. The topological polar surface area (TPSA) is 64.2 Å². The summed E-state index contributed by atoms with van der Waals surface area (Å²) in [5.41, 5.74) is 1.91. The van der Waals surface area contributed by atoms with Crippen LogP contribution in [0.2, 0.25) is 0 Å². The second kappa shape index (κ2) is 6.35. The Hall–Kier alpha value is -2.63. The van der Waals surface area contributed by atoms with Gasteiger partial charge in [-0.3, -0.25) is 4.79 Å². The Labute approximate surface area is 146 Å². The van der Waals surface area contributed by atoms with E-state index in [2.05, 4.69) is 21.5 Å². The van der Waals surface area contributed by atoms with Gasteiger partial charge in [0.25, 0.3) is 5.91 Å². The number of rotatable bonds is 3. The molecule has 0 bridgehead atoms. The molecule has 0 spiro atoms. The maximum atomic E-state index is 13.3. The third kappa shape index (κ3) is 2.71. The van der Waals surface area contributed by atoms with Crippen LogP contribution in [-0.2, 0) is 6.54 Å². The van der Waals surface area contributed by atoms with Crippen molar-refractivity contribution in [1.82, 2.24) is 19.4 Å². The minimum Gasteiger partial charge on any atom is -0.441 e. The summed E-state index contributed by atoms with van der Waals surface area (Å²) in [5.74, 6) is 1.56. The number of imidazole rings is 1. The smallest absolute Gasteiger partial charge is 0.256 e. The van der Waals surface area contributed by atoms with Gasteiger partial charge in [-0.25, -0.2) is 9.97 Å². The van der Waals surface area contributed by atoms with Crippen molar-refractivity contribution in [2.24, 2.45) is 0 Å². The van der Waals surface area contributed by atoms with E-state index in [0.717, 1.165) is 38.2 Å². The number of piperidine rings is 1. The molecule has 130 valence electrons. The van der Waals surface area contributed by atoms with E-state index in [1.165, 1.54) is 0 Å². The van der Waals surface area contributed by atoms with Crippen molar-refractivity contribution in [2.45, 2.75) is 45.7 Å². The highest BCUT2D eigenvalue weighted by Gasteiger charge is 2.32. The van der Waals surface area contributed by atoms with Crippen LogP contribution in [-0.4, -0.2) is 31.9 Å². The van der Waals surface area contributed by atoms with Crippen LogP contribution < -0.4 is 0 Å². The van der Waals surface area contributed by atoms with Crippen molar-refractivity contribution >= 4 is 17.0 Å². The van der Waals surface area contributed by atoms with E-state index in [-0.39, 0.29) is 11.9 Å². The van der Waals surface area contributed by atoms with Gasteiger partial charge in [0.1, 0.15) is 11.3 Å². The number of nitrogens with zero attached hydrogens (tertiary/aromatic N) is 4. The molecule has 3 aromatic rings. The standard InChI is InChI=1S/C19H22N4O2/c1-3-22-12-10-20-18(22)15-8-4-5-11-23(15)19(24)14-7-6-9-16-17(14)21-13(2)25-16/h6-7,9-10,12,15H,3-5,8,11H2,1-2H3/t15-/m1/s1. The quantitative estimate of drug-likeness (QED) is 0.730. The van der Waals surface area contributed by atoms with E-state index >= 15 is 0 Å². The lowest BCUT2D eigenvalue weighted by Crippen LogP contribution is -2.39. The van der Waals surface area contributed by atoms with Crippen LogP contribution in [0.5, 0.6) is 0 Å². The summed E-state index contributed by atoms with van der Waals surface area (Å²) in [6.45, 7) is 5.49. The zero-order valence-corrected chi connectivity index (χ0v) is 14.6. The lowest BCUT2D eigenvalue weighted by atomic mass is 9.99. The van der Waals surface area contributed by atoms with E-state index in [4.69, 9.17) is 4.42 Å². The van der Waals surface area contributed by atoms with Crippen molar-refractivity contribution in [3.8, 4) is 0 Å². The molecule has 1 aliphatic rings. The molecule has 6 heteroatoms. The van der Waals surface area contributed by atoms with E-state index in [9.17, 15) is 4.79 Å². The molecule has 4 rings (SSSR count). The Balaban J connectivity index is 1.74. The molecule has 0 aliphatic carbocycles. The van der Waals surface area contributed by atoms with Gasteiger partial charge in [0.15, 0.2) is 11.5 Å². The van der Waals surface area contributed by atoms with Crippen LogP contribution in [0.1, 0.15) is 54.3 Å². The highest BCUT2D eigenvalue weighted by atomic mass is 16.3. The van der Waals surface area contributed by atoms with Crippen LogP contribution in [0.3, 0.4) is 0 Å². The summed E-state index contributed by atoms with van der Waals surface area (Å²) in [7, 11) is 0. The number of oxazole rings is 1. The normalized spacial score (nSPS) is 18.0. The molecule has 1 fully saturated rings. The van der Waals surface area contributed by atoms with Gasteiger partial charge in [0.05, 0.1) is 11.6 Å². The second-order valence-electron chi connectivity index (χ2n) is 6.47. The van der Waals surface area contributed by atoms with Crippen LogP contribution in [0.4, 0.5) is 0 Å². The predicted octanol–water partition coefficient (Wildman–Crippen LogP) is 3.72. The largest absolute Gasteiger partial charge is 0.441 e. The monoisotopic (exact) mass is 338 g/mol. The first kappa shape index (κ1) is 15.9. The second-order valence-corrected chi connectivity index (χ2v) is 6.47. The first-order valence-electron chi connectivity index (χ1n) is 8.87. The molecule has 0 unspecified atom stereocenters. The lowest BCUT2D eigenvalue weighted by Gasteiger charge is -2.35. The van der Waals surface area contributed by atoms with Crippen LogP contribution in [0, 0.1) is 6.92 Å². The van der Waals surface area contributed by atoms with Crippen LogP contribution >= 0.6 is 0 Å². The summed E-state index contributed by atoms with van der Waals surface area (Å²) in [6, 6.07) is 5.56. The molecular formula is C19H22N4O2. The van der Waals surface area contributed by atoms with Crippen LogP contribution in [0.15, 0.2) is 35.0 Å². The molecule has 6 nitrogen and oxygen atoms in total. The number of fused-ring (bicyclic) bond motifs is 1. The van der Waals surface area contributed by atoms with E-state index in [1.807, 2.05) is 35.5 Å².